The second kappa shape index (κ2) is 8.86. The molecule has 0 saturated carbocycles. The molecule has 0 aliphatic rings. The van der Waals surface area contributed by atoms with Gasteiger partial charge >= 0.3 is 0 Å². The van der Waals surface area contributed by atoms with Gasteiger partial charge in [-0.2, -0.15) is 5.10 Å². The van der Waals surface area contributed by atoms with Crippen molar-refractivity contribution in [2.24, 2.45) is 0 Å². The lowest BCUT2D eigenvalue weighted by molar-refractivity contribution is -0.125. The van der Waals surface area contributed by atoms with Gasteiger partial charge in [0.2, 0.25) is 16.9 Å². The van der Waals surface area contributed by atoms with Gasteiger partial charge in [0.1, 0.15) is 5.51 Å². The van der Waals surface area contributed by atoms with Crippen LogP contribution in [0.3, 0.4) is 0 Å². The zero-order valence-electron chi connectivity index (χ0n) is 13.9. The maximum atomic E-state index is 12.3. The minimum absolute atomic E-state index is 0.0781. The molecule has 1 atom stereocenters. The van der Waals surface area contributed by atoms with Gasteiger partial charge in [-0.1, -0.05) is 41.7 Å². The van der Waals surface area contributed by atoms with Crippen LogP contribution in [0.15, 0.2) is 54.3 Å². The largest absolute Gasteiger partial charge is 0.347 e. The van der Waals surface area contributed by atoms with Crippen LogP contribution in [0.5, 0.6) is 0 Å². The monoisotopic (exact) mass is 370 g/mol. The zero-order valence-corrected chi connectivity index (χ0v) is 14.7. The first-order valence-corrected chi connectivity index (χ1v) is 8.96. The Kier molecular flexibility index (Phi) is 6.05. The molecule has 8 nitrogen and oxygen atoms in total. The lowest BCUT2D eigenvalue weighted by Crippen LogP contribution is -2.32. The SMILES string of the molecule is O=C(CCC(=O)N[C@H](Cn1cccn1)c1ccccc1)Nc1nncs1. The number of amides is 2. The number of hydrogen-bond donors (Lipinski definition) is 2. The first kappa shape index (κ1) is 17.7. The third-order valence-corrected chi connectivity index (χ3v) is 4.26. The quantitative estimate of drug-likeness (QED) is 0.631. The smallest absolute Gasteiger partial charge is 0.226 e. The van der Waals surface area contributed by atoms with Crippen molar-refractivity contribution in [3.05, 3.63) is 59.9 Å². The predicted molar refractivity (Wildman–Crippen MR) is 97.3 cm³/mol. The van der Waals surface area contributed by atoms with Crippen molar-refractivity contribution in [1.29, 1.82) is 0 Å². The highest BCUT2D eigenvalue weighted by Gasteiger charge is 2.16. The summed E-state index contributed by atoms with van der Waals surface area (Å²) < 4.78 is 1.76. The van der Waals surface area contributed by atoms with Crippen LogP contribution in [0, 0.1) is 0 Å². The molecular weight excluding hydrogens is 352 g/mol. The average molecular weight is 370 g/mol. The molecule has 3 rings (SSSR count). The molecule has 0 bridgehead atoms. The summed E-state index contributed by atoms with van der Waals surface area (Å²) in [6, 6.07) is 11.3. The van der Waals surface area contributed by atoms with Crippen molar-refractivity contribution in [2.45, 2.75) is 25.4 Å². The minimum atomic E-state index is -0.264. The maximum absolute atomic E-state index is 12.3. The summed E-state index contributed by atoms with van der Waals surface area (Å²) in [7, 11) is 0. The summed E-state index contributed by atoms with van der Waals surface area (Å²) >= 11 is 1.23. The molecule has 0 spiro atoms. The van der Waals surface area contributed by atoms with E-state index in [0.717, 1.165) is 5.56 Å². The fourth-order valence-electron chi connectivity index (χ4n) is 2.42. The van der Waals surface area contributed by atoms with E-state index in [0.29, 0.717) is 11.7 Å². The molecule has 2 amide bonds. The van der Waals surface area contributed by atoms with Crippen molar-refractivity contribution in [2.75, 3.05) is 5.32 Å². The molecule has 3 aromatic rings. The van der Waals surface area contributed by atoms with E-state index in [9.17, 15) is 9.59 Å². The standard InChI is InChI=1S/C17H18N6O2S/c24-15(7-8-16(25)21-17-22-18-12-26-17)20-14(11-23-10-4-9-19-23)13-5-2-1-3-6-13/h1-6,9-10,12,14H,7-8,11H2,(H,20,24)(H,21,22,25)/t14-/m1/s1. The van der Waals surface area contributed by atoms with Gasteiger partial charge in [0, 0.05) is 25.2 Å². The Morgan fingerprint density at radius 2 is 1.92 bits per heavy atom. The Labute approximate surface area is 154 Å². The van der Waals surface area contributed by atoms with Crippen LogP contribution in [-0.2, 0) is 16.1 Å². The normalized spacial score (nSPS) is 11.7. The summed E-state index contributed by atoms with van der Waals surface area (Å²) in [4.78, 5) is 24.2. The van der Waals surface area contributed by atoms with Crippen molar-refractivity contribution < 1.29 is 9.59 Å². The Morgan fingerprint density at radius 3 is 2.62 bits per heavy atom. The van der Waals surface area contributed by atoms with E-state index in [-0.39, 0.29) is 30.7 Å². The van der Waals surface area contributed by atoms with E-state index in [1.165, 1.54) is 16.8 Å². The van der Waals surface area contributed by atoms with Gasteiger partial charge in [-0.25, -0.2) is 0 Å². The van der Waals surface area contributed by atoms with Crippen molar-refractivity contribution in [3.63, 3.8) is 0 Å². The second-order valence-corrected chi connectivity index (χ2v) is 6.38. The lowest BCUT2D eigenvalue weighted by atomic mass is 10.1. The fraction of sp³-hybridized carbons (Fsp3) is 0.235. The summed E-state index contributed by atoms with van der Waals surface area (Å²) in [5, 5.41) is 17.6. The first-order valence-electron chi connectivity index (χ1n) is 8.08. The van der Waals surface area contributed by atoms with E-state index in [2.05, 4.69) is 25.9 Å². The zero-order chi connectivity index (χ0) is 18.2. The summed E-state index contributed by atoms with van der Waals surface area (Å²) in [5.41, 5.74) is 2.51. The molecule has 1 aromatic carbocycles. The molecule has 26 heavy (non-hydrogen) atoms. The van der Waals surface area contributed by atoms with E-state index in [1.54, 1.807) is 10.9 Å². The molecule has 0 unspecified atom stereocenters. The Balaban J connectivity index is 1.55. The van der Waals surface area contributed by atoms with E-state index >= 15 is 0 Å². The molecule has 134 valence electrons. The van der Waals surface area contributed by atoms with Crippen LogP contribution in [0.2, 0.25) is 0 Å². The Morgan fingerprint density at radius 1 is 1.12 bits per heavy atom. The Bertz CT molecular complexity index is 820. The molecule has 0 radical (unpaired) electrons. The summed E-state index contributed by atoms with van der Waals surface area (Å²) in [6.07, 6.45) is 3.71. The number of carbonyl (C=O) groups excluding carboxylic acids is 2. The minimum Gasteiger partial charge on any atom is -0.347 e. The molecule has 0 fully saturated rings. The van der Waals surface area contributed by atoms with Crippen LogP contribution >= 0.6 is 11.3 Å². The van der Waals surface area contributed by atoms with Gasteiger partial charge in [0.05, 0.1) is 12.6 Å². The number of nitrogens with one attached hydrogen (secondary N) is 2. The number of carbonyl (C=O) groups is 2. The van der Waals surface area contributed by atoms with Crippen LogP contribution < -0.4 is 10.6 Å². The highest BCUT2D eigenvalue weighted by Crippen LogP contribution is 2.15. The number of hydrogen-bond acceptors (Lipinski definition) is 6. The topological polar surface area (TPSA) is 102 Å². The molecule has 0 aliphatic carbocycles. The number of anilines is 1. The summed E-state index contributed by atoms with van der Waals surface area (Å²) in [6.45, 7) is 0.514. The van der Waals surface area contributed by atoms with Crippen LogP contribution in [0.25, 0.3) is 0 Å². The number of benzene rings is 1. The van der Waals surface area contributed by atoms with Gasteiger partial charge in [-0.3, -0.25) is 14.3 Å². The predicted octanol–water partition coefficient (Wildman–Crippen LogP) is 2.01. The maximum Gasteiger partial charge on any atom is 0.226 e. The number of rotatable bonds is 8. The van der Waals surface area contributed by atoms with Gasteiger partial charge < -0.3 is 10.6 Å². The molecule has 9 heteroatoms. The number of aromatic nitrogens is 4. The second-order valence-electron chi connectivity index (χ2n) is 5.55. The van der Waals surface area contributed by atoms with Gasteiger partial charge in [-0.05, 0) is 11.6 Å². The molecular formula is C17H18N6O2S. The molecule has 2 N–H and O–H groups in total. The molecule has 2 aromatic heterocycles. The van der Waals surface area contributed by atoms with Gasteiger partial charge in [0.25, 0.3) is 0 Å². The van der Waals surface area contributed by atoms with Crippen molar-refractivity contribution in [1.82, 2.24) is 25.3 Å². The third-order valence-electron chi connectivity index (χ3n) is 3.65. The fourth-order valence-corrected chi connectivity index (χ4v) is 2.88. The molecule has 2 heterocycles. The highest BCUT2D eigenvalue weighted by molar-refractivity contribution is 7.13. The van der Waals surface area contributed by atoms with Crippen LogP contribution in [0.1, 0.15) is 24.4 Å². The number of nitrogens with zero attached hydrogens (tertiary/aromatic N) is 4. The van der Waals surface area contributed by atoms with E-state index < -0.39 is 0 Å². The molecule has 0 saturated heterocycles. The first-order chi connectivity index (χ1) is 12.7. The highest BCUT2D eigenvalue weighted by atomic mass is 32.1. The molecule has 0 aliphatic heterocycles. The summed E-state index contributed by atoms with van der Waals surface area (Å²) in [5.74, 6) is -0.460. The van der Waals surface area contributed by atoms with E-state index in [4.69, 9.17) is 0 Å². The van der Waals surface area contributed by atoms with Crippen molar-refractivity contribution >= 4 is 28.3 Å². The van der Waals surface area contributed by atoms with Crippen LogP contribution in [-0.4, -0.2) is 31.8 Å². The van der Waals surface area contributed by atoms with Gasteiger partial charge in [-0.15, -0.1) is 10.2 Å². The Hall–Kier alpha value is -3.07. The van der Waals surface area contributed by atoms with Crippen LogP contribution in [0.4, 0.5) is 5.13 Å². The lowest BCUT2D eigenvalue weighted by Gasteiger charge is -2.19. The third kappa shape index (κ3) is 5.21. The van der Waals surface area contributed by atoms with Gasteiger partial charge in [0.15, 0.2) is 0 Å². The van der Waals surface area contributed by atoms with E-state index in [1.807, 2.05) is 42.6 Å². The average Bonchev–Trinajstić information content (AvgIpc) is 3.34. The van der Waals surface area contributed by atoms with Crippen molar-refractivity contribution in [3.8, 4) is 0 Å².